The molecule has 2 aromatic carbocycles. The first-order valence-electron chi connectivity index (χ1n) is 8.19. The highest BCUT2D eigenvalue weighted by molar-refractivity contribution is 7.98. The Morgan fingerprint density at radius 1 is 1.16 bits per heavy atom. The zero-order valence-corrected chi connectivity index (χ0v) is 16.2. The van der Waals surface area contributed by atoms with Crippen molar-refractivity contribution in [3.63, 3.8) is 0 Å². The molecule has 0 aliphatic carbocycles. The third-order valence-electron chi connectivity index (χ3n) is 3.96. The van der Waals surface area contributed by atoms with E-state index in [-0.39, 0.29) is 6.04 Å². The van der Waals surface area contributed by atoms with E-state index < -0.39 is 0 Å². The Kier molecular flexibility index (Phi) is 5.47. The molecule has 1 atom stereocenters. The molecular formula is C19H22ClN4S+. The Hall–Kier alpha value is -1.82. The fraction of sp³-hybridized carbons (Fsp3) is 0.263. The second-order valence-electron chi connectivity index (χ2n) is 6.29. The molecule has 1 heterocycles. The lowest BCUT2D eigenvalue weighted by Crippen LogP contribution is -2.52. The van der Waals surface area contributed by atoms with Crippen LogP contribution in [0, 0.1) is 13.8 Å². The van der Waals surface area contributed by atoms with Gasteiger partial charge in [0.1, 0.15) is 6.04 Å². The quantitative estimate of drug-likeness (QED) is 0.684. The Morgan fingerprint density at radius 3 is 2.68 bits per heavy atom. The number of aryl methyl sites for hydroxylation is 2. The summed E-state index contributed by atoms with van der Waals surface area (Å²) in [6, 6.07) is 14.4. The minimum Gasteiger partial charge on any atom is -0.349 e. The van der Waals surface area contributed by atoms with Gasteiger partial charge in [-0.25, -0.2) is 0 Å². The monoisotopic (exact) mass is 373 g/mol. The predicted octanol–water partition coefficient (Wildman–Crippen LogP) is 4.13. The summed E-state index contributed by atoms with van der Waals surface area (Å²) < 4.78 is 2.08. The maximum Gasteiger partial charge on any atom is 0.196 e. The van der Waals surface area contributed by atoms with Crippen molar-refractivity contribution in [1.29, 1.82) is 0 Å². The van der Waals surface area contributed by atoms with Crippen LogP contribution in [0.2, 0.25) is 5.02 Å². The number of benzene rings is 2. The number of rotatable bonds is 5. The Morgan fingerprint density at radius 2 is 1.96 bits per heavy atom. The average molecular weight is 374 g/mol. The van der Waals surface area contributed by atoms with Gasteiger partial charge < -0.3 is 5.73 Å². The SMILES string of the molecule is Cc1cccc(CSc2nnc([C@H](C)[NH3+])n2-c2cc(Cl)ccc2C)c1. The summed E-state index contributed by atoms with van der Waals surface area (Å²) in [7, 11) is 0. The Bertz CT molecular complexity index is 889. The van der Waals surface area contributed by atoms with Crippen LogP contribution in [0.4, 0.5) is 0 Å². The van der Waals surface area contributed by atoms with Crippen LogP contribution in [0.25, 0.3) is 5.69 Å². The molecule has 3 rings (SSSR count). The number of hydrogen-bond donors (Lipinski definition) is 1. The molecule has 0 amide bonds. The minimum absolute atomic E-state index is 0.0270. The summed E-state index contributed by atoms with van der Waals surface area (Å²) >= 11 is 7.91. The van der Waals surface area contributed by atoms with E-state index >= 15 is 0 Å². The third kappa shape index (κ3) is 4.06. The van der Waals surface area contributed by atoms with Gasteiger partial charge >= 0.3 is 0 Å². The molecule has 0 radical (unpaired) electrons. The molecule has 0 bridgehead atoms. The first kappa shape index (κ1) is 18.0. The summed E-state index contributed by atoms with van der Waals surface area (Å²) in [4.78, 5) is 0. The molecule has 1 aromatic heterocycles. The van der Waals surface area contributed by atoms with Gasteiger partial charge in [-0.1, -0.05) is 59.3 Å². The van der Waals surface area contributed by atoms with Crippen molar-refractivity contribution in [2.24, 2.45) is 0 Å². The summed E-state index contributed by atoms with van der Waals surface area (Å²) in [5.41, 5.74) is 8.79. The van der Waals surface area contributed by atoms with E-state index in [4.69, 9.17) is 11.6 Å². The van der Waals surface area contributed by atoms with E-state index in [1.165, 1.54) is 11.1 Å². The van der Waals surface area contributed by atoms with Crippen LogP contribution >= 0.6 is 23.4 Å². The molecule has 0 unspecified atom stereocenters. The van der Waals surface area contributed by atoms with Crippen LogP contribution in [0.1, 0.15) is 35.5 Å². The van der Waals surface area contributed by atoms with E-state index in [1.807, 2.05) is 25.1 Å². The average Bonchev–Trinajstić information content (AvgIpc) is 2.99. The van der Waals surface area contributed by atoms with Crippen LogP contribution in [-0.2, 0) is 5.75 Å². The number of quaternary nitrogens is 1. The van der Waals surface area contributed by atoms with E-state index in [2.05, 4.69) is 58.6 Å². The van der Waals surface area contributed by atoms with Crippen molar-refractivity contribution in [2.75, 3.05) is 0 Å². The number of hydrogen-bond acceptors (Lipinski definition) is 3. The molecule has 0 saturated carbocycles. The second kappa shape index (κ2) is 7.60. The first-order valence-corrected chi connectivity index (χ1v) is 9.55. The van der Waals surface area contributed by atoms with Crippen LogP contribution in [-0.4, -0.2) is 14.8 Å². The fourth-order valence-corrected chi connectivity index (χ4v) is 3.75. The van der Waals surface area contributed by atoms with Gasteiger partial charge in [-0.2, -0.15) is 0 Å². The van der Waals surface area contributed by atoms with E-state index in [0.29, 0.717) is 5.02 Å². The van der Waals surface area contributed by atoms with Crippen LogP contribution in [0.5, 0.6) is 0 Å². The zero-order valence-electron chi connectivity index (χ0n) is 14.7. The number of aromatic nitrogens is 3. The van der Waals surface area contributed by atoms with E-state index in [1.54, 1.807) is 11.8 Å². The Balaban J connectivity index is 1.99. The largest absolute Gasteiger partial charge is 0.349 e. The predicted molar refractivity (Wildman–Crippen MR) is 103 cm³/mol. The van der Waals surface area contributed by atoms with Crippen molar-refractivity contribution in [3.05, 3.63) is 70.0 Å². The summed E-state index contributed by atoms with van der Waals surface area (Å²) in [6.07, 6.45) is 0. The molecule has 130 valence electrons. The van der Waals surface area contributed by atoms with Crippen LogP contribution < -0.4 is 5.73 Å². The molecule has 0 fully saturated rings. The standard InChI is InChI=1S/C19H21ClN4S/c1-12-5-4-6-15(9-12)11-25-19-23-22-18(14(3)21)24(19)17-10-16(20)8-7-13(17)2/h4-10,14H,11,21H2,1-3H3/p+1/t14-/m0/s1. The number of thioether (sulfide) groups is 1. The van der Waals surface area contributed by atoms with Crippen molar-refractivity contribution in [3.8, 4) is 5.69 Å². The van der Waals surface area contributed by atoms with E-state index in [0.717, 1.165) is 28.0 Å². The van der Waals surface area contributed by atoms with E-state index in [9.17, 15) is 0 Å². The lowest BCUT2D eigenvalue weighted by molar-refractivity contribution is -0.422. The number of halogens is 1. The maximum absolute atomic E-state index is 6.23. The highest BCUT2D eigenvalue weighted by Crippen LogP contribution is 2.29. The van der Waals surface area contributed by atoms with Gasteiger partial charge in [0.15, 0.2) is 11.0 Å². The molecule has 3 aromatic rings. The van der Waals surface area contributed by atoms with Crippen molar-refractivity contribution < 1.29 is 5.73 Å². The second-order valence-corrected chi connectivity index (χ2v) is 7.66. The third-order valence-corrected chi connectivity index (χ3v) is 5.20. The molecule has 3 N–H and O–H groups in total. The fourth-order valence-electron chi connectivity index (χ4n) is 2.69. The van der Waals surface area contributed by atoms with Gasteiger partial charge in [0.25, 0.3) is 0 Å². The number of nitrogens with zero attached hydrogens (tertiary/aromatic N) is 3. The summed E-state index contributed by atoms with van der Waals surface area (Å²) in [5.74, 6) is 1.68. The smallest absolute Gasteiger partial charge is 0.196 e. The van der Waals surface area contributed by atoms with Gasteiger partial charge in [-0.05, 0) is 44.0 Å². The molecule has 25 heavy (non-hydrogen) atoms. The van der Waals surface area contributed by atoms with Crippen LogP contribution in [0.15, 0.2) is 47.6 Å². The highest BCUT2D eigenvalue weighted by Gasteiger charge is 2.20. The summed E-state index contributed by atoms with van der Waals surface area (Å²) in [6.45, 7) is 6.20. The molecule has 0 aliphatic rings. The van der Waals surface area contributed by atoms with Crippen LogP contribution in [0.3, 0.4) is 0 Å². The van der Waals surface area contributed by atoms with Gasteiger partial charge in [-0.15, -0.1) is 10.2 Å². The minimum atomic E-state index is 0.0270. The lowest BCUT2D eigenvalue weighted by atomic mass is 10.2. The normalized spacial score (nSPS) is 12.4. The van der Waals surface area contributed by atoms with Crippen molar-refractivity contribution in [1.82, 2.24) is 14.8 Å². The topological polar surface area (TPSA) is 58.4 Å². The maximum atomic E-state index is 6.23. The molecule has 0 aliphatic heterocycles. The van der Waals surface area contributed by atoms with Gasteiger partial charge in [0.05, 0.1) is 5.69 Å². The van der Waals surface area contributed by atoms with Crippen molar-refractivity contribution in [2.45, 2.75) is 37.7 Å². The zero-order chi connectivity index (χ0) is 18.0. The highest BCUT2D eigenvalue weighted by atomic mass is 35.5. The molecule has 6 heteroatoms. The first-order chi connectivity index (χ1) is 12.0. The summed E-state index contributed by atoms with van der Waals surface area (Å²) in [5, 5.41) is 10.4. The van der Waals surface area contributed by atoms with Gasteiger partial charge in [-0.3, -0.25) is 4.57 Å². The lowest BCUT2D eigenvalue weighted by Gasteiger charge is -2.13. The Labute approximate surface area is 157 Å². The molecule has 0 spiro atoms. The van der Waals surface area contributed by atoms with Crippen molar-refractivity contribution >= 4 is 23.4 Å². The molecule has 4 nitrogen and oxygen atoms in total. The van der Waals surface area contributed by atoms with Gasteiger partial charge in [0.2, 0.25) is 0 Å². The molecular weight excluding hydrogens is 352 g/mol. The molecule has 0 saturated heterocycles. The van der Waals surface area contributed by atoms with Gasteiger partial charge in [0, 0.05) is 10.8 Å².